The summed E-state index contributed by atoms with van der Waals surface area (Å²) >= 11 is 0. The molecule has 1 amide bonds. The molecule has 2 rings (SSSR count). The molecule has 1 aromatic heterocycles. The molecule has 0 bridgehead atoms. The number of carbonyl (C=O) groups excluding carboxylic acids is 1. The average molecular weight is 282 g/mol. The third-order valence-corrected chi connectivity index (χ3v) is 3.20. The van der Waals surface area contributed by atoms with Crippen LogP contribution >= 0.6 is 0 Å². The Labute approximate surface area is 124 Å². The highest BCUT2D eigenvalue weighted by molar-refractivity contribution is 5.92. The van der Waals surface area contributed by atoms with E-state index in [1.54, 1.807) is 24.3 Å². The monoisotopic (exact) mass is 282 g/mol. The SMILES string of the molecule is Cc1cc(C)n(CCCC(=O)Nc2ccccc2C#N)n1. The van der Waals surface area contributed by atoms with Crippen LogP contribution in [-0.4, -0.2) is 15.7 Å². The summed E-state index contributed by atoms with van der Waals surface area (Å²) in [6.07, 6.45) is 1.11. The number of aryl methyl sites for hydroxylation is 3. The molecule has 0 aliphatic heterocycles. The van der Waals surface area contributed by atoms with Crippen molar-refractivity contribution < 1.29 is 4.79 Å². The predicted molar refractivity (Wildman–Crippen MR) is 80.7 cm³/mol. The molecule has 0 aliphatic rings. The van der Waals surface area contributed by atoms with Crippen LogP contribution in [-0.2, 0) is 11.3 Å². The fourth-order valence-electron chi connectivity index (χ4n) is 2.19. The number of benzene rings is 1. The number of para-hydroxylation sites is 1. The quantitative estimate of drug-likeness (QED) is 0.916. The number of aromatic nitrogens is 2. The Hall–Kier alpha value is -2.61. The first-order valence-electron chi connectivity index (χ1n) is 6.90. The van der Waals surface area contributed by atoms with Crippen LogP contribution in [0.1, 0.15) is 29.8 Å². The van der Waals surface area contributed by atoms with Crippen molar-refractivity contribution >= 4 is 11.6 Å². The average Bonchev–Trinajstić information content (AvgIpc) is 2.77. The number of amides is 1. The minimum absolute atomic E-state index is 0.0840. The van der Waals surface area contributed by atoms with Gasteiger partial charge in [0, 0.05) is 18.7 Å². The van der Waals surface area contributed by atoms with Gasteiger partial charge in [-0.25, -0.2) is 0 Å². The second-order valence-electron chi connectivity index (χ2n) is 4.96. The van der Waals surface area contributed by atoms with E-state index in [1.165, 1.54) is 0 Å². The zero-order chi connectivity index (χ0) is 15.2. The summed E-state index contributed by atoms with van der Waals surface area (Å²) in [5.41, 5.74) is 3.13. The molecule has 5 nitrogen and oxygen atoms in total. The molecule has 1 heterocycles. The number of hydrogen-bond donors (Lipinski definition) is 1. The van der Waals surface area contributed by atoms with Crippen molar-refractivity contribution in [1.29, 1.82) is 5.26 Å². The third-order valence-electron chi connectivity index (χ3n) is 3.20. The zero-order valence-corrected chi connectivity index (χ0v) is 12.3. The normalized spacial score (nSPS) is 10.1. The summed E-state index contributed by atoms with van der Waals surface area (Å²) in [6.45, 7) is 4.67. The molecule has 0 aliphatic carbocycles. The maximum Gasteiger partial charge on any atom is 0.224 e. The lowest BCUT2D eigenvalue weighted by molar-refractivity contribution is -0.116. The molecule has 0 atom stereocenters. The van der Waals surface area contributed by atoms with E-state index < -0.39 is 0 Å². The number of anilines is 1. The van der Waals surface area contributed by atoms with Crippen LogP contribution < -0.4 is 5.32 Å². The van der Waals surface area contributed by atoms with E-state index in [0.717, 1.165) is 11.4 Å². The smallest absolute Gasteiger partial charge is 0.224 e. The van der Waals surface area contributed by atoms with Crippen LogP contribution in [0, 0.1) is 25.2 Å². The highest BCUT2D eigenvalue weighted by Crippen LogP contribution is 2.14. The van der Waals surface area contributed by atoms with Crippen LogP contribution in [0.15, 0.2) is 30.3 Å². The van der Waals surface area contributed by atoms with Crippen molar-refractivity contribution in [3.8, 4) is 6.07 Å². The Bertz CT molecular complexity index is 682. The lowest BCUT2D eigenvalue weighted by atomic mass is 10.2. The van der Waals surface area contributed by atoms with Crippen molar-refractivity contribution in [3.05, 3.63) is 47.3 Å². The van der Waals surface area contributed by atoms with Gasteiger partial charge in [0.2, 0.25) is 5.91 Å². The molecule has 5 heteroatoms. The van der Waals surface area contributed by atoms with E-state index >= 15 is 0 Å². The molecule has 0 fully saturated rings. The predicted octanol–water partition coefficient (Wildman–Crippen LogP) is 2.79. The molecule has 108 valence electrons. The van der Waals surface area contributed by atoms with Crippen molar-refractivity contribution in [2.45, 2.75) is 33.2 Å². The van der Waals surface area contributed by atoms with Gasteiger partial charge in [-0.05, 0) is 38.5 Å². The van der Waals surface area contributed by atoms with Crippen LogP contribution in [0.4, 0.5) is 5.69 Å². The summed E-state index contributed by atoms with van der Waals surface area (Å²) in [6, 6.07) is 11.1. The van der Waals surface area contributed by atoms with Crippen molar-refractivity contribution in [2.24, 2.45) is 0 Å². The number of nitrogens with zero attached hydrogens (tertiary/aromatic N) is 3. The molecule has 0 unspecified atom stereocenters. The maximum absolute atomic E-state index is 11.9. The van der Waals surface area contributed by atoms with E-state index in [9.17, 15) is 4.79 Å². The summed E-state index contributed by atoms with van der Waals surface area (Å²) in [5.74, 6) is -0.0840. The van der Waals surface area contributed by atoms with Crippen molar-refractivity contribution in [2.75, 3.05) is 5.32 Å². The third kappa shape index (κ3) is 3.93. The number of carbonyl (C=O) groups is 1. The van der Waals surface area contributed by atoms with Crippen molar-refractivity contribution in [3.63, 3.8) is 0 Å². The Kier molecular flexibility index (Phi) is 4.72. The van der Waals surface area contributed by atoms with Crippen molar-refractivity contribution in [1.82, 2.24) is 9.78 Å². The maximum atomic E-state index is 11.9. The summed E-state index contributed by atoms with van der Waals surface area (Å²) in [7, 11) is 0. The van der Waals surface area contributed by atoms with E-state index in [4.69, 9.17) is 5.26 Å². The number of nitriles is 1. The highest BCUT2D eigenvalue weighted by Gasteiger charge is 2.07. The van der Waals surface area contributed by atoms with Gasteiger partial charge in [-0.3, -0.25) is 9.48 Å². The molecule has 0 saturated heterocycles. The fraction of sp³-hybridized carbons (Fsp3) is 0.312. The van der Waals surface area contributed by atoms with Gasteiger partial charge >= 0.3 is 0 Å². The Morgan fingerprint density at radius 3 is 2.81 bits per heavy atom. The second kappa shape index (κ2) is 6.71. The van der Waals surface area contributed by atoms with Gasteiger partial charge in [0.05, 0.1) is 16.9 Å². The molecule has 0 radical (unpaired) electrons. The molecule has 2 aromatic rings. The number of nitrogens with one attached hydrogen (secondary N) is 1. The molecular weight excluding hydrogens is 264 g/mol. The zero-order valence-electron chi connectivity index (χ0n) is 12.3. The molecular formula is C16H18N4O. The first-order chi connectivity index (χ1) is 10.1. The molecule has 0 saturated carbocycles. The lowest BCUT2D eigenvalue weighted by Crippen LogP contribution is -2.14. The Morgan fingerprint density at radius 1 is 1.38 bits per heavy atom. The van der Waals surface area contributed by atoms with Gasteiger partial charge in [0.25, 0.3) is 0 Å². The second-order valence-corrected chi connectivity index (χ2v) is 4.96. The highest BCUT2D eigenvalue weighted by atomic mass is 16.1. The largest absolute Gasteiger partial charge is 0.325 e. The molecule has 21 heavy (non-hydrogen) atoms. The van der Waals surface area contributed by atoms with Crippen LogP contribution in [0.3, 0.4) is 0 Å². The van der Waals surface area contributed by atoms with E-state index in [2.05, 4.69) is 16.5 Å². The van der Waals surface area contributed by atoms with Gasteiger partial charge < -0.3 is 5.32 Å². The molecule has 0 spiro atoms. The lowest BCUT2D eigenvalue weighted by Gasteiger charge is -2.07. The minimum atomic E-state index is -0.0840. The fourth-order valence-corrected chi connectivity index (χ4v) is 2.19. The van der Waals surface area contributed by atoms with Crippen LogP contribution in [0.25, 0.3) is 0 Å². The van der Waals surface area contributed by atoms with Crippen LogP contribution in [0.2, 0.25) is 0 Å². The Balaban J connectivity index is 1.85. The summed E-state index contributed by atoms with van der Waals surface area (Å²) in [4.78, 5) is 11.9. The first-order valence-corrected chi connectivity index (χ1v) is 6.90. The van der Waals surface area contributed by atoms with Gasteiger partial charge in [0.15, 0.2) is 0 Å². The minimum Gasteiger partial charge on any atom is -0.325 e. The number of rotatable bonds is 5. The van der Waals surface area contributed by atoms with Gasteiger partial charge in [-0.1, -0.05) is 12.1 Å². The van der Waals surface area contributed by atoms with Gasteiger partial charge in [0.1, 0.15) is 6.07 Å². The first kappa shape index (κ1) is 14.8. The van der Waals surface area contributed by atoms with E-state index in [1.807, 2.05) is 24.6 Å². The standard InChI is InChI=1S/C16H18N4O/c1-12-10-13(2)20(19-12)9-5-8-16(21)18-15-7-4-3-6-14(15)11-17/h3-4,6-7,10H,5,8-9H2,1-2H3,(H,18,21). The van der Waals surface area contributed by atoms with E-state index in [0.29, 0.717) is 30.6 Å². The number of hydrogen-bond acceptors (Lipinski definition) is 3. The summed E-state index contributed by atoms with van der Waals surface area (Å²) < 4.78 is 1.91. The van der Waals surface area contributed by atoms with Gasteiger partial charge in [-0.15, -0.1) is 0 Å². The van der Waals surface area contributed by atoms with E-state index in [-0.39, 0.29) is 5.91 Å². The molecule has 1 N–H and O–H groups in total. The topological polar surface area (TPSA) is 70.7 Å². The summed E-state index contributed by atoms with van der Waals surface area (Å²) in [5, 5.41) is 16.1. The van der Waals surface area contributed by atoms with Gasteiger partial charge in [-0.2, -0.15) is 10.4 Å². The Morgan fingerprint density at radius 2 is 2.14 bits per heavy atom. The molecule has 1 aromatic carbocycles. The van der Waals surface area contributed by atoms with Crippen LogP contribution in [0.5, 0.6) is 0 Å².